The zero-order chi connectivity index (χ0) is 11.7. The molecule has 0 fully saturated rings. The summed E-state index contributed by atoms with van der Waals surface area (Å²) in [7, 11) is 4.15. The van der Waals surface area contributed by atoms with Gasteiger partial charge in [-0.3, -0.25) is 0 Å². The molecule has 0 spiro atoms. The lowest BCUT2D eigenvalue weighted by Gasteiger charge is -2.16. The van der Waals surface area contributed by atoms with Crippen LogP contribution in [0.4, 0.5) is 0 Å². The third-order valence-electron chi connectivity index (χ3n) is 2.07. The summed E-state index contributed by atoms with van der Waals surface area (Å²) in [4.78, 5) is 2.16. The van der Waals surface area contributed by atoms with E-state index in [0.29, 0.717) is 0 Å². The molecule has 0 N–H and O–H groups in total. The summed E-state index contributed by atoms with van der Waals surface area (Å²) < 4.78 is 5.66. The molecule has 0 aliphatic rings. The Kier molecular flexibility index (Phi) is 8.11. The number of unbranched alkanes of at least 4 members (excludes halogenated alkanes) is 1. The van der Waals surface area contributed by atoms with Gasteiger partial charge in [-0.15, -0.1) is 0 Å². The van der Waals surface area contributed by atoms with Crippen molar-refractivity contribution in [1.82, 2.24) is 4.90 Å². The van der Waals surface area contributed by atoms with Gasteiger partial charge in [-0.25, -0.2) is 0 Å². The van der Waals surface area contributed by atoms with Crippen LogP contribution < -0.4 is 0 Å². The van der Waals surface area contributed by atoms with Crippen LogP contribution in [0.5, 0.6) is 0 Å². The molecule has 0 bridgehead atoms. The van der Waals surface area contributed by atoms with Crippen molar-refractivity contribution in [1.29, 1.82) is 0 Å². The van der Waals surface area contributed by atoms with Crippen LogP contribution in [0.15, 0.2) is 23.5 Å². The molecule has 88 valence electrons. The Morgan fingerprint density at radius 2 is 1.93 bits per heavy atom. The van der Waals surface area contributed by atoms with Gasteiger partial charge in [0.15, 0.2) is 0 Å². The third kappa shape index (κ3) is 6.34. The van der Waals surface area contributed by atoms with Gasteiger partial charge in [-0.1, -0.05) is 19.4 Å². The zero-order valence-electron chi connectivity index (χ0n) is 10.8. The topological polar surface area (TPSA) is 12.5 Å². The van der Waals surface area contributed by atoms with Gasteiger partial charge in [0.2, 0.25) is 0 Å². The number of hydrogen-bond acceptors (Lipinski definition) is 2. The molecule has 2 nitrogen and oxygen atoms in total. The Morgan fingerprint density at radius 1 is 1.27 bits per heavy atom. The van der Waals surface area contributed by atoms with Crippen LogP contribution in [0.25, 0.3) is 0 Å². The normalized spacial score (nSPS) is 13.5. The lowest BCUT2D eigenvalue weighted by molar-refractivity contribution is 0.231. The summed E-state index contributed by atoms with van der Waals surface area (Å²) in [6, 6.07) is 0. The minimum absolute atomic E-state index is 0.736. The molecule has 0 heterocycles. The van der Waals surface area contributed by atoms with Crippen molar-refractivity contribution in [2.45, 2.75) is 33.6 Å². The summed E-state index contributed by atoms with van der Waals surface area (Å²) in [6.07, 6.45) is 6.58. The van der Waals surface area contributed by atoms with Crippen molar-refractivity contribution in [2.24, 2.45) is 0 Å². The van der Waals surface area contributed by atoms with Gasteiger partial charge in [0.1, 0.15) is 5.76 Å². The Morgan fingerprint density at radius 3 is 2.33 bits per heavy atom. The summed E-state index contributed by atoms with van der Waals surface area (Å²) in [5.74, 6) is 1.05. The molecule has 0 aromatic carbocycles. The van der Waals surface area contributed by atoms with Crippen molar-refractivity contribution in [3.05, 3.63) is 23.5 Å². The van der Waals surface area contributed by atoms with Crippen molar-refractivity contribution >= 4 is 0 Å². The van der Waals surface area contributed by atoms with Crippen LogP contribution in [0.1, 0.15) is 33.6 Å². The first-order valence-corrected chi connectivity index (χ1v) is 5.78. The predicted octanol–water partition coefficient (Wildman–Crippen LogP) is 3.21. The molecule has 0 atom stereocenters. The van der Waals surface area contributed by atoms with Crippen molar-refractivity contribution < 1.29 is 4.74 Å². The van der Waals surface area contributed by atoms with Crippen LogP contribution in [0, 0.1) is 0 Å². The standard InChI is InChI=1S/C13H25NO/c1-6-9-10-13(15-8-3)12(7-2)11-14(4)5/h7,10H,6,8-9,11H2,1-5H3/b12-7+,13-10-. The predicted molar refractivity (Wildman–Crippen MR) is 66.9 cm³/mol. The lowest BCUT2D eigenvalue weighted by Crippen LogP contribution is -2.17. The first kappa shape index (κ1) is 14.2. The molecule has 0 saturated carbocycles. The van der Waals surface area contributed by atoms with E-state index in [1.807, 2.05) is 6.92 Å². The molecule has 0 aliphatic carbocycles. The number of ether oxygens (including phenoxy) is 1. The van der Waals surface area contributed by atoms with Crippen LogP contribution >= 0.6 is 0 Å². The smallest absolute Gasteiger partial charge is 0.119 e. The molecule has 0 radical (unpaired) electrons. The van der Waals surface area contributed by atoms with Gasteiger partial charge >= 0.3 is 0 Å². The highest BCUT2D eigenvalue weighted by atomic mass is 16.5. The molecule has 0 rings (SSSR count). The molecule has 0 aromatic rings. The molecule has 0 aromatic heterocycles. The average molecular weight is 211 g/mol. The average Bonchev–Trinajstić information content (AvgIpc) is 2.20. The zero-order valence-corrected chi connectivity index (χ0v) is 10.8. The molecule has 2 heteroatoms. The maximum absolute atomic E-state index is 5.66. The SMILES string of the molecule is C/C=C(CN(C)C)/C(=C/CCC)OCC. The number of rotatable bonds is 7. The highest BCUT2D eigenvalue weighted by molar-refractivity contribution is 5.26. The van der Waals surface area contributed by atoms with E-state index in [-0.39, 0.29) is 0 Å². The summed E-state index contributed by atoms with van der Waals surface area (Å²) in [6.45, 7) is 7.95. The molecular formula is C13H25NO. The first-order chi connectivity index (χ1) is 7.15. The highest BCUT2D eigenvalue weighted by Gasteiger charge is 2.05. The minimum atomic E-state index is 0.736. The molecular weight excluding hydrogens is 186 g/mol. The number of likely N-dealkylation sites (N-methyl/N-ethyl adjacent to an activating group) is 1. The van der Waals surface area contributed by atoms with Crippen LogP contribution in [-0.2, 0) is 4.74 Å². The third-order valence-corrected chi connectivity index (χ3v) is 2.07. The van der Waals surface area contributed by atoms with Crippen molar-refractivity contribution in [3.8, 4) is 0 Å². The van der Waals surface area contributed by atoms with E-state index in [0.717, 1.165) is 31.8 Å². The number of allylic oxidation sites excluding steroid dienone is 2. The van der Waals surface area contributed by atoms with Crippen LogP contribution in [-0.4, -0.2) is 32.1 Å². The van der Waals surface area contributed by atoms with Gasteiger partial charge in [0, 0.05) is 12.1 Å². The van der Waals surface area contributed by atoms with Crippen LogP contribution in [0.3, 0.4) is 0 Å². The molecule has 0 unspecified atom stereocenters. The number of nitrogens with zero attached hydrogens (tertiary/aromatic N) is 1. The molecule has 0 aliphatic heterocycles. The van der Waals surface area contributed by atoms with E-state index in [2.05, 4.69) is 45.0 Å². The fourth-order valence-electron chi connectivity index (χ4n) is 1.37. The second kappa shape index (κ2) is 8.54. The Hall–Kier alpha value is -0.760. The Bertz CT molecular complexity index is 217. The van der Waals surface area contributed by atoms with E-state index in [1.54, 1.807) is 0 Å². The summed E-state index contributed by atoms with van der Waals surface area (Å²) >= 11 is 0. The van der Waals surface area contributed by atoms with Gasteiger partial charge in [-0.2, -0.15) is 0 Å². The van der Waals surface area contributed by atoms with E-state index >= 15 is 0 Å². The molecule has 15 heavy (non-hydrogen) atoms. The van der Waals surface area contributed by atoms with Crippen LogP contribution in [0.2, 0.25) is 0 Å². The first-order valence-electron chi connectivity index (χ1n) is 5.78. The fourth-order valence-corrected chi connectivity index (χ4v) is 1.37. The van der Waals surface area contributed by atoms with E-state index in [1.165, 1.54) is 5.57 Å². The Labute approximate surface area is 94.6 Å². The minimum Gasteiger partial charge on any atom is -0.494 e. The monoisotopic (exact) mass is 211 g/mol. The van der Waals surface area contributed by atoms with Gasteiger partial charge in [-0.05, 0) is 40.4 Å². The van der Waals surface area contributed by atoms with E-state index in [4.69, 9.17) is 4.74 Å². The summed E-state index contributed by atoms with van der Waals surface area (Å²) in [5.41, 5.74) is 1.27. The van der Waals surface area contributed by atoms with Gasteiger partial charge < -0.3 is 9.64 Å². The fraction of sp³-hybridized carbons (Fsp3) is 0.692. The second-order valence-corrected chi connectivity index (χ2v) is 3.84. The number of hydrogen-bond donors (Lipinski definition) is 0. The summed E-state index contributed by atoms with van der Waals surface area (Å²) in [5, 5.41) is 0. The second-order valence-electron chi connectivity index (χ2n) is 3.84. The van der Waals surface area contributed by atoms with Crippen molar-refractivity contribution in [2.75, 3.05) is 27.2 Å². The van der Waals surface area contributed by atoms with E-state index in [9.17, 15) is 0 Å². The maximum atomic E-state index is 5.66. The molecule has 0 saturated heterocycles. The van der Waals surface area contributed by atoms with E-state index < -0.39 is 0 Å². The van der Waals surface area contributed by atoms with Gasteiger partial charge in [0.05, 0.1) is 6.61 Å². The lowest BCUT2D eigenvalue weighted by atomic mass is 10.1. The molecule has 0 amide bonds. The Balaban J connectivity index is 4.55. The highest BCUT2D eigenvalue weighted by Crippen LogP contribution is 2.14. The van der Waals surface area contributed by atoms with Gasteiger partial charge in [0.25, 0.3) is 0 Å². The van der Waals surface area contributed by atoms with Crippen molar-refractivity contribution in [3.63, 3.8) is 0 Å². The maximum Gasteiger partial charge on any atom is 0.119 e. The quantitative estimate of drug-likeness (QED) is 0.473. The largest absolute Gasteiger partial charge is 0.494 e.